The van der Waals surface area contributed by atoms with Crippen LogP contribution in [0.1, 0.15) is 38.4 Å². The van der Waals surface area contributed by atoms with Crippen molar-refractivity contribution in [3.63, 3.8) is 0 Å². The molecule has 1 aliphatic carbocycles. The lowest BCUT2D eigenvalue weighted by atomic mass is 10.2. The molecule has 1 aromatic rings. The van der Waals surface area contributed by atoms with Gasteiger partial charge in [0.15, 0.2) is 5.82 Å². The Morgan fingerprint density at radius 2 is 2.11 bits per heavy atom. The van der Waals surface area contributed by atoms with Crippen LogP contribution in [0.4, 0.5) is 11.6 Å². The fraction of sp³-hybridized carbons (Fsp3) is 0.714. The van der Waals surface area contributed by atoms with Gasteiger partial charge in [-0.2, -0.15) is 0 Å². The predicted octanol–water partition coefficient (Wildman–Crippen LogP) is 2.43. The van der Waals surface area contributed by atoms with E-state index in [4.69, 9.17) is 4.74 Å². The molecule has 106 valence electrons. The first-order chi connectivity index (χ1) is 9.24. The zero-order chi connectivity index (χ0) is 13.7. The van der Waals surface area contributed by atoms with Crippen LogP contribution in [0.3, 0.4) is 0 Å². The fourth-order valence-electron chi connectivity index (χ4n) is 2.53. The maximum absolute atomic E-state index is 5.41. The van der Waals surface area contributed by atoms with Crippen molar-refractivity contribution in [3.05, 3.63) is 11.9 Å². The third kappa shape index (κ3) is 3.56. The number of aromatic nitrogens is 2. The molecule has 0 radical (unpaired) electrons. The van der Waals surface area contributed by atoms with Gasteiger partial charge in [-0.05, 0) is 19.8 Å². The summed E-state index contributed by atoms with van der Waals surface area (Å²) < 4.78 is 5.41. The van der Waals surface area contributed by atoms with Gasteiger partial charge in [0.1, 0.15) is 18.2 Å². The van der Waals surface area contributed by atoms with Gasteiger partial charge in [0.25, 0.3) is 0 Å². The van der Waals surface area contributed by atoms with Crippen molar-refractivity contribution < 1.29 is 4.74 Å². The minimum Gasteiger partial charge on any atom is -0.374 e. The van der Waals surface area contributed by atoms with E-state index in [-0.39, 0.29) is 0 Å². The maximum atomic E-state index is 5.41. The van der Waals surface area contributed by atoms with Gasteiger partial charge in [-0.1, -0.05) is 12.8 Å². The van der Waals surface area contributed by atoms with Crippen molar-refractivity contribution >= 4 is 11.6 Å². The molecule has 1 aliphatic rings. The lowest BCUT2D eigenvalue weighted by Crippen LogP contribution is -2.30. The molecule has 5 nitrogen and oxygen atoms in total. The van der Waals surface area contributed by atoms with Crippen LogP contribution < -0.4 is 10.2 Å². The van der Waals surface area contributed by atoms with E-state index in [1.165, 1.54) is 25.7 Å². The maximum Gasteiger partial charge on any atom is 0.158 e. The summed E-state index contributed by atoms with van der Waals surface area (Å²) in [5.41, 5.74) is 0. The summed E-state index contributed by atoms with van der Waals surface area (Å²) in [7, 11) is 4.01. The van der Waals surface area contributed by atoms with Gasteiger partial charge in [0.05, 0.1) is 0 Å². The minimum atomic E-state index is 0.470. The molecule has 0 amide bonds. The van der Waals surface area contributed by atoms with Crippen molar-refractivity contribution in [1.82, 2.24) is 9.97 Å². The van der Waals surface area contributed by atoms with E-state index in [9.17, 15) is 0 Å². The third-order valence-electron chi connectivity index (χ3n) is 3.68. The van der Waals surface area contributed by atoms with Crippen LogP contribution >= 0.6 is 0 Å². The summed E-state index contributed by atoms with van der Waals surface area (Å²) in [6.07, 6.45) is 5.17. The Kier molecular flexibility index (Phi) is 4.96. The molecular formula is C14H24N4O. The highest BCUT2D eigenvalue weighted by Gasteiger charge is 2.21. The summed E-state index contributed by atoms with van der Waals surface area (Å²) >= 11 is 0. The normalized spacial score (nSPS) is 15.7. The molecule has 0 spiro atoms. The van der Waals surface area contributed by atoms with Gasteiger partial charge in [0, 0.05) is 32.8 Å². The molecule has 19 heavy (non-hydrogen) atoms. The van der Waals surface area contributed by atoms with Crippen LogP contribution in [0.5, 0.6) is 0 Å². The molecule has 1 aromatic heterocycles. The van der Waals surface area contributed by atoms with Crippen molar-refractivity contribution in [3.8, 4) is 0 Å². The average molecular weight is 264 g/mol. The second-order valence-electron chi connectivity index (χ2n) is 4.96. The number of hydrogen-bond acceptors (Lipinski definition) is 5. The lowest BCUT2D eigenvalue weighted by Gasteiger charge is -2.26. The van der Waals surface area contributed by atoms with Gasteiger partial charge in [0.2, 0.25) is 0 Å². The Bertz CT molecular complexity index is 404. The van der Waals surface area contributed by atoms with Gasteiger partial charge < -0.3 is 15.0 Å². The van der Waals surface area contributed by atoms with E-state index >= 15 is 0 Å². The first kappa shape index (κ1) is 14.1. The Hall–Kier alpha value is -1.36. The van der Waals surface area contributed by atoms with Crippen LogP contribution in [-0.2, 0) is 11.3 Å². The molecule has 0 saturated heterocycles. The molecule has 0 aromatic carbocycles. The third-order valence-corrected chi connectivity index (χ3v) is 3.68. The van der Waals surface area contributed by atoms with Crippen LogP contribution in [0.2, 0.25) is 0 Å². The van der Waals surface area contributed by atoms with E-state index in [2.05, 4.69) is 27.2 Å². The number of rotatable bonds is 6. The van der Waals surface area contributed by atoms with E-state index in [0.29, 0.717) is 19.3 Å². The van der Waals surface area contributed by atoms with Crippen molar-refractivity contribution in [1.29, 1.82) is 0 Å². The number of anilines is 2. The molecule has 1 heterocycles. The topological polar surface area (TPSA) is 50.3 Å². The molecule has 0 unspecified atom stereocenters. The Balaban J connectivity index is 2.17. The monoisotopic (exact) mass is 264 g/mol. The SMILES string of the molecule is CCOCc1nc(NC)cc(N(C)C2CCCC2)n1. The summed E-state index contributed by atoms with van der Waals surface area (Å²) in [6.45, 7) is 3.13. The quantitative estimate of drug-likeness (QED) is 0.855. The zero-order valence-corrected chi connectivity index (χ0v) is 12.1. The number of hydrogen-bond donors (Lipinski definition) is 1. The van der Waals surface area contributed by atoms with Gasteiger partial charge >= 0.3 is 0 Å². The Labute approximate surface area is 115 Å². The molecule has 2 rings (SSSR count). The summed E-state index contributed by atoms with van der Waals surface area (Å²) in [5, 5.41) is 3.10. The summed E-state index contributed by atoms with van der Waals surface area (Å²) in [6, 6.07) is 2.62. The van der Waals surface area contributed by atoms with Crippen LogP contribution in [0.15, 0.2) is 6.07 Å². The molecule has 1 saturated carbocycles. The molecule has 0 atom stereocenters. The standard InChI is InChI=1S/C14H24N4O/c1-4-19-10-13-16-12(15-2)9-14(17-13)18(3)11-7-5-6-8-11/h9,11H,4-8,10H2,1-3H3,(H,15,16,17). The smallest absolute Gasteiger partial charge is 0.158 e. The zero-order valence-electron chi connectivity index (χ0n) is 12.1. The fourth-order valence-corrected chi connectivity index (χ4v) is 2.53. The number of nitrogens with zero attached hydrogens (tertiary/aromatic N) is 3. The molecule has 5 heteroatoms. The van der Waals surface area contributed by atoms with Gasteiger partial charge in [-0.15, -0.1) is 0 Å². The van der Waals surface area contributed by atoms with E-state index < -0.39 is 0 Å². The van der Waals surface area contributed by atoms with Crippen LogP contribution in [0.25, 0.3) is 0 Å². The highest BCUT2D eigenvalue weighted by Crippen LogP contribution is 2.26. The van der Waals surface area contributed by atoms with Gasteiger partial charge in [-0.3, -0.25) is 0 Å². The molecule has 0 bridgehead atoms. The highest BCUT2D eigenvalue weighted by molar-refractivity contribution is 5.49. The Morgan fingerprint density at radius 3 is 2.74 bits per heavy atom. The summed E-state index contributed by atoms with van der Waals surface area (Å²) in [4.78, 5) is 11.3. The first-order valence-electron chi connectivity index (χ1n) is 7.11. The molecule has 1 N–H and O–H groups in total. The minimum absolute atomic E-state index is 0.470. The first-order valence-corrected chi connectivity index (χ1v) is 7.11. The predicted molar refractivity (Wildman–Crippen MR) is 77.6 cm³/mol. The van der Waals surface area contributed by atoms with E-state index in [1.807, 2.05) is 20.0 Å². The Morgan fingerprint density at radius 1 is 1.37 bits per heavy atom. The number of ether oxygens (including phenoxy) is 1. The average Bonchev–Trinajstić information content (AvgIpc) is 2.98. The molecular weight excluding hydrogens is 240 g/mol. The van der Waals surface area contributed by atoms with E-state index in [0.717, 1.165) is 17.5 Å². The van der Waals surface area contributed by atoms with Crippen LogP contribution in [-0.4, -0.2) is 36.7 Å². The second-order valence-corrected chi connectivity index (χ2v) is 4.96. The summed E-state index contributed by atoms with van der Waals surface area (Å²) in [5.74, 6) is 2.58. The van der Waals surface area contributed by atoms with Crippen LogP contribution in [0, 0.1) is 0 Å². The van der Waals surface area contributed by atoms with E-state index in [1.54, 1.807) is 0 Å². The molecule has 1 fully saturated rings. The second kappa shape index (κ2) is 6.70. The van der Waals surface area contributed by atoms with Gasteiger partial charge in [-0.25, -0.2) is 9.97 Å². The molecule has 0 aliphatic heterocycles. The highest BCUT2D eigenvalue weighted by atomic mass is 16.5. The lowest BCUT2D eigenvalue weighted by molar-refractivity contribution is 0.128. The van der Waals surface area contributed by atoms with Crippen molar-refractivity contribution in [2.75, 3.05) is 30.9 Å². The largest absolute Gasteiger partial charge is 0.374 e. The van der Waals surface area contributed by atoms with Crippen molar-refractivity contribution in [2.45, 2.75) is 45.3 Å². The van der Waals surface area contributed by atoms with Crippen molar-refractivity contribution in [2.24, 2.45) is 0 Å². The number of nitrogens with one attached hydrogen (secondary N) is 1.